The Bertz CT molecular complexity index is 1410. The summed E-state index contributed by atoms with van der Waals surface area (Å²) in [7, 11) is -2.75. The highest BCUT2D eigenvalue weighted by molar-refractivity contribution is 7.93. The number of nitrogens with zero attached hydrogens (tertiary/aromatic N) is 2. The SMILES string of the molecule is CCCS(=O)(=O)N(C(=O)C(C)c1ccc(N2Cc3ccccc3C2=O)cc1)c1ccc(OC)c(F)c1. The Morgan fingerprint density at radius 3 is 2.42 bits per heavy atom. The average molecular weight is 511 g/mol. The maximum absolute atomic E-state index is 14.4. The molecular weight excluding hydrogens is 483 g/mol. The van der Waals surface area contributed by atoms with Gasteiger partial charge in [0, 0.05) is 17.3 Å². The van der Waals surface area contributed by atoms with Crippen LogP contribution in [-0.4, -0.2) is 33.1 Å². The fourth-order valence-electron chi connectivity index (χ4n) is 4.28. The standard InChI is InChI=1S/C27H27FN2O5S/c1-4-15-36(33,34)30(22-13-14-25(35-3)24(28)16-22)26(31)18(2)19-9-11-21(12-10-19)29-17-20-7-5-6-8-23(20)27(29)32/h5-14,16,18H,4,15,17H2,1-3H3. The minimum Gasteiger partial charge on any atom is -0.494 e. The van der Waals surface area contributed by atoms with Crippen LogP contribution in [0.4, 0.5) is 15.8 Å². The van der Waals surface area contributed by atoms with Gasteiger partial charge in [-0.15, -0.1) is 0 Å². The van der Waals surface area contributed by atoms with Crippen LogP contribution in [0.2, 0.25) is 0 Å². The number of rotatable bonds is 8. The molecule has 1 atom stereocenters. The molecule has 0 saturated carbocycles. The molecular formula is C27H27FN2O5S. The van der Waals surface area contributed by atoms with Gasteiger partial charge in [-0.3, -0.25) is 9.59 Å². The summed E-state index contributed by atoms with van der Waals surface area (Å²) in [4.78, 5) is 27.9. The number of hydrogen-bond donors (Lipinski definition) is 0. The van der Waals surface area contributed by atoms with Gasteiger partial charge in [-0.2, -0.15) is 0 Å². The Morgan fingerprint density at radius 2 is 1.81 bits per heavy atom. The number of halogens is 1. The van der Waals surface area contributed by atoms with Gasteiger partial charge < -0.3 is 9.64 Å². The highest BCUT2D eigenvalue weighted by atomic mass is 32.2. The van der Waals surface area contributed by atoms with Crippen molar-refractivity contribution in [3.8, 4) is 5.75 Å². The van der Waals surface area contributed by atoms with E-state index in [-0.39, 0.29) is 23.1 Å². The topological polar surface area (TPSA) is 84.0 Å². The molecule has 4 rings (SSSR count). The van der Waals surface area contributed by atoms with E-state index in [1.165, 1.54) is 19.2 Å². The predicted molar refractivity (Wildman–Crippen MR) is 136 cm³/mol. The van der Waals surface area contributed by atoms with Crippen LogP contribution in [0.3, 0.4) is 0 Å². The number of methoxy groups -OCH3 is 1. The van der Waals surface area contributed by atoms with Crippen molar-refractivity contribution in [2.24, 2.45) is 0 Å². The van der Waals surface area contributed by atoms with E-state index in [1.54, 1.807) is 49.1 Å². The molecule has 0 N–H and O–H groups in total. The fraction of sp³-hybridized carbons (Fsp3) is 0.259. The number of carbonyl (C=O) groups is 2. The van der Waals surface area contributed by atoms with Gasteiger partial charge in [0.25, 0.3) is 5.91 Å². The lowest BCUT2D eigenvalue weighted by Gasteiger charge is -2.26. The number of amides is 2. The molecule has 2 amide bonds. The number of hydrogen-bond acceptors (Lipinski definition) is 5. The van der Waals surface area contributed by atoms with Crippen molar-refractivity contribution in [3.05, 3.63) is 89.2 Å². The molecule has 1 aliphatic rings. The van der Waals surface area contributed by atoms with E-state index in [4.69, 9.17) is 4.74 Å². The predicted octanol–water partition coefficient (Wildman–Crippen LogP) is 4.87. The zero-order valence-electron chi connectivity index (χ0n) is 20.3. The third-order valence-corrected chi connectivity index (χ3v) is 8.08. The van der Waals surface area contributed by atoms with Crippen molar-refractivity contribution in [1.29, 1.82) is 0 Å². The van der Waals surface area contributed by atoms with Gasteiger partial charge >= 0.3 is 0 Å². The van der Waals surface area contributed by atoms with Crippen molar-refractivity contribution in [1.82, 2.24) is 0 Å². The molecule has 1 aliphatic heterocycles. The largest absolute Gasteiger partial charge is 0.494 e. The molecule has 1 unspecified atom stereocenters. The van der Waals surface area contributed by atoms with E-state index in [0.29, 0.717) is 34.1 Å². The first kappa shape index (κ1) is 25.4. The van der Waals surface area contributed by atoms with Crippen molar-refractivity contribution < 1.29 is 27.1 Å². The number of fused-ring (bicyclic) bond motifs is 1. The van der Waals surface area contributed by atoms with Crippen LogP contribution < -0.4 is 13.9 Å². The summed E-state index contributed by atoms with van der Waals surface area (Å²) >= 11 is 0. The smallest absolute Gasteiger partial charge is 0.258 e. The Labute approximate surface area is 210 Å². The summed E-state index contributed by atoms with van der Waals surface area (Å²) in [5.41, 5.74) is 2.76. The van der Waals surface area contributed by atoms with Gasteiger partial charge in [0.1, 0.15) is 0 Å². The van der Waals surface area contributed by atoms with Crippen LogP contribution in [0.1, 0.15) is 47.7 Å². The molecule has 3 aromatic carbocycles. The van der Waals surface area contributed by atoms with Gasteiger partial charge in [0.15, 0.2) is 11.6 Å². The van der Waals surface area contributed by atoms with Crippen LogP contribution in [0.15, 0.2) is 66.7 Å². The number of sulfonamides is 1. The number of carbonyl (C=O) groups excluding carboxylic acids is 2. The summed E-state index contributed by atoms with van der Waals surface area (Å²) in [6, 6.07) is 17.9. The molecule has 0 fully saturated rings. The molecule has 36 heavy (non-hydrogen) atoms. The Kier molecular flexibility index (Phi) is 7.12. The quantitative estimate of drug-likeness (QED) is 0.432. The molecule has 9 heteroatoms. The Hall–Kier alpha value is -3.72. The first-order valence-electron chi connectivity index (χ1n) is 11.6. The first-order valence-corrected chi connectivity index (χ1v) is 13.2. The first-order chi connectivity index (χ1) is 17.2. The zero-order chi connectivity index (χ0) is 26.0. The minimum atomic E-state index is -4.05. The Morgan fingerprint density at radius 1 is 1.11 bits per heavy atom. The van der Waals surface area contributed by atoms with Gasteiger partial charge in [0.05, 0.1) is 31.0 Å². The zero-order valence-corrected chi connectivity index (χ0v) is 21.1. The number of benzene rings is 3. The molecule has 0 aromatic heterocycles. The highest BCUT2D eigenvalue weighted by Crippen LogP contribution is 2.32. The molecule has 0 spiro atoms. The summed E-state index contributed by atoms with van der Waals surface area (Å²) in [6.45, 7) is 3.74. The van der Waals surface area contributed by atoms with E-state index in [2.05, 4.69) is 0 Å². The molecule has 7 nitrogen and oxygen atoms in total. The van der Waals surface area contributed by atoms with Crippen molar-refractivity contribution in [2.75, 3.05) is 22.1 Å². The molecule has 0 saturated heterocycles. The third kappa shape index (κ3) is 4.70. The van der Waals surface area contributed by atoms with Crippen LogP contribution in [0, 0.1) is 5.82 Å². The second-order valence-electron chi connectivity index (χ2n) is 8.60. The van der Waals surface area contributed by atoms with Gasteiger partial charge in [-0.05, 0) is 54.8 Å². The summed E-state index contributed by atoms with van der Waals surface area (Å²) in [6.07, 6.45) is 0.292. The van der Waals surface area contributed by atoms with Crippen molar-refractivity contribution >= 4 is 33.2 Å². The summed E-state index contributed by atoms with van der Waals surface area (Å²) in [5, 5.41) is 0. The summed E-state index contributed by atoms with van der Waals surface area (Å²) < 4.78 is 46.1. The number of anilines is 2. The van der Waals surface area contributed by atoms with Gasteiger partial charge in [-0.25, -0.2) is 17.1 Å². The molecule has 188 valence electrons. The molecule has 0 radical (unpaired) electrons. The van der Waals surface area contributed by atoms with Gasteiger partial charge in [0.2, 0.25) is 15.9 Å². The molecule has 1 heterocycles. The Balaban J connectivity index is 1.62. The lowest BCUT2D eigenvalue weighted by Crippen LogP contribution is -2.41. The maximum atomic E-state index is 14.4. The second kappa shape index (κ2) is 10.1. The van der Waals surface area contributed by atoms with E-state index < -0.39 is 27.7 Å². The lowest BCUT2D eigenvalue weighted by molar-refractivity contribution is -0.118. The second-order valence-corrected chi connectivity index (χ2v) is 10.5. The average Bonchev–Trinajstić information content (AvgIpc) is 3.20. The monoisotopic (exact) mass is 510 g/mol. The van der Waals surface area contributed by atoms with Crippen LogP contribution in [-0.2, 0) is 21.4 Å². The van der Waals surface area contributed by atoms with E-state index in [0.717, 1.165) is 11.6 Å². The highest BCUT2D eigenvalue weighted by Gasteiger charge is 2.33. The van der Waals surface area contributed by atoms with Crippen LogP contribution in [0.25, 0.3) is 0 Å². The normalized spacial score (nSPS) is 13.9. The minimum absolute atomic E-state index is 0.0544. The molecule has 0 bridgehead atoms. The maximum Gasteiger partial charge on any atom is 0.258 e. The molecule has 0 aliphatic carbocycles. The summed E-state index contributed by atoms with van der Waals surface area (Å²) in [5.74, 6) is -2.74. The van der Waals surface area contributed by atoms with Crippen molar-refractivity contribution in [3.63, 3.8) is 0 Å². The van der Waals surface area contributed by atoms with Gasteiger partial charge in [-0.1, -0.05) is 37.3 Å². The van der Waals surface area contributed by atoms with Crippen molar-refractivity contribution in [2.45, 2.75) is 32.7 Å². The van der Waals surface area contributed by atoms with E-state index in [1.807, 2.05) is 18.2 Å². The fourth-order valence-corrected chi connectivity index (χ4v) is 5.85. The molecule has 3 aromatic rings. The van der Waals surface area contributed by atoms with E-state index >= 15 is 0 Å². The van der Waals surface area contributed by atoms with Crippen LogP contribution in [0.5, 0.6) is 5.75 Å². The van der Waals surface area contributed by atoms with Crippen LogP contribution >= 0.6 is 0 Å². The third-order valence-electron chi connectivity index (χ3n) is 6.21. The lowest BCUT2D eigenvalue weighted by atomic mass is 9.99. The van der Waals surface area contributed by atoms with E-state index in [9.17, 15) is 22.4 Å². The number of ether oxygens (including phenoxy) is 1.